The van der Waals surface area contributed by atoms with Crippen LogP contribution in [0.2, 0.25) is 0 Å². The van der Waals surface area contributed by atoms with Crippen molar-refractivity contribution in [1.82, 2.24) is 0 Å². The van der Waals surface area contributed by atoms with E-state index in [9.17, 15) is 14.4 Å². The fraction of sp³-hybridized carbons (Fsp3) is 0.693. The van der Waals surface area contributed by atoms with Crippen molar-refractivity contribution in [1.29, 1.82) is 0 Å². The molecule has 1 atom stereocenters. The number of esters is 3. The Morgan fingerprint density at radius 1 is 0.259 bits per heavy atom. The SMILES string of the molecule is CC/C=C\C/C=C\C/C=C\C/C=C\C/C=C\CCCCCC(=O)OCC(COC(=O)CCCCCCCCCC/C=C\C/C=C\C/C=C\CCCCCCC)OC(=O)CCCCCCCCCCC/C=C\C/C=C\CCCCCCC. The predicted octanol–water partition coefficient (Wildman–Crippen LogP) is 23.6. The van der Waals surface area contributed by atoms with Crippen LogP contribution in [0.25, 0.3) is 0 Å². The minimum atomic E-state index is -0.803. The highest BCUT2D eigenvalue weighted by atomic mass is 16.6. The largest absolute Gasteiger partial charge is 0.462 e. The Kier molecular flexibility index (Phi) is 64.8. The van der Waals surface area contributed by atoms with Crippen molar-refractivity contribution in [2.45, 2.75) is 322 Å². The molecule has 0 spiro atoms. The predicted molar refractivity (Wildman–Crippen MR) is 353 cm³/mol. The maximum absolute atomic E-state index is 13.0. The molecule has 0 aromatic rings. The lowest BCUT2D eigenvalue weighted by Gasteiger charge is -2.18. The molecule has 0 fully saturated rings. The molecule has 0 aliphatic rings. The Morgan fingerprint density at radius 2 is 0.481 bits per heavy atom. The van der Waals surface area contributed by atoms with Crippen LogP contribution in [0.15, 0.2) is 122 Å². The third-order valence-corrected chi connectivity index (χ3v) is 14.4. The van der Waals surface area contributed by atoms with Gasteiger partial charge >= 0.3 is 17.9 Å². The molecule has 0 saturated heterocycles. The van der Waals surface area contributed by atoms with Gasteiger partial charge in [-0.15, -0.1) is 0 Å². The van der Waals surface area contributed by atoms with Crippen LogP contribution in [-0.4, -0.2) is 37.2 Å². The highest BCUT2D eigenvalue weighted by molar-refractivity contribution is 5.71. The molecule has 0 aromatic heterocycles. The molecule has 0 amide bonds. The summed E-state index contributed by atoms with van der Waals surface area (Å²) in [4.78, 5) is 38.4. The van der Waals surface area contributed by atoms with Crippen LogP contribution in [0.5, 0.6) is 0 Å². The number of unbranched alkanes of at least 4 members (excludes halogenated alkanes) is 30. The van der Waals surface area contributed by atoms with Crippen molar-refractivity contribution in [3.05, 3.63) is 122 Å². The van der Waals surface area contributed by atoms with E-state index in [2.05, 4.69) is 142 Å². The molecule has 0 bridgehead atoms. The summed E-state index contributed by atoms with van der Waals surface area (Å²) in [6, 6.07) is 0. The van der Waals surface area contributed by atoms with Gasteiger partial charge < -0.3 is 14.2 Å². The Bertz CT molecular complexity index is 1670. The average molecular weight is 1120 g/mol. The molecule has 0 saturated carbocycles. The van der Waals surface area contributed by atoms with Gasteiger partial charge in [0.15, 0.2) is 6.10 Å². The molecule has 6 heteroatoms. The van der Waals surface area contributed by atoms with E-state index in [0.29, 0.717) is 19.3 Å². The summed E-state index contributed by atoms with van der Waals surface area (Å²) in [5.74, 6) is -0.932. The first-order valence-electron chi connectivity index (χ1n) is 34.0. The smallest absolute Gasteiger partial charge is 0.306 e. The van der Waals surface area contributed by atoms with Gasteiger partial charge in [0.2, 0.25) is 0 Å². The summed E-state index contributed by atoms with van der Waals surface area (Å²) in [7, 11) is 0. The van der Waals surface area contributed by atoms with E-state index in [0.717, 1.165) is 122 Å². The Labute approximate surface area is 501 Å². The molecular formula is C75H126O6. The molecule has 81 heavy (non-hydrogen) atoms. The first-order valence-corrected chi connectivity index (χ1v) is 34.0. The monoisotopic (exact) mass is 1120 g/mol. The lowest BCUT2D eigenvalue weighted by atomic mass is 10.1. The second-order valence-corrected chi connectivity index (χ2v) is 22.3. The maximum Gasteiger partial charge on any atom is 0.306 e. The maximum atomic E-state index is 13.0. The lowest BCUT2D eigenvalue weighted by molar-refractivity contribution is -0.167. The van der Waals surface area contributed by atoms with E-state index in [-0.39, 0.29) is 31.1 Å². The molecule has 6 nitrogen and oxygen atoms in total. The number of hydrogen-bond acceptors (Lipinski definition) is 6. The minimum absolute atomic E-state index is 0.0963. The fourth-order valence-corrected chi connectivity index (χ4v) is 9.33. The number of carbonyl (C=O) groups is 3. The second kappa shape index (κ2) is 68.3. The number of ether oxygens (including phenoxy) is 3. The Morgan fingerprint density at radius 3 is 0.765 bits per heavy atom. The van der Waals surface area contributed by atoms with Crippen molar-refractivity contribution in [3.8, 4) is 0 Å². The number of allylic oxidation sites excluding steroid dienone is 20. The van der Waals surface area contributed by atoms with Gasteiger partial charge in [0, 0.05) is 19.3 Å². The number of carbonyl (C=O) groups excluding carboxylic acids is 3. The zero-order valence-corrected chi connectivity index (χ0v) is 53.0. The van der Waals surface area contributed by atoms with E-state index in [1.165, 1.54) is 154 Å². The van der Waals surface area contributed by atoms with Crippen molar-refractivity contribution >= 4 is 17.9 Å². The number of rotatable bonds is 61. The molecule has 1 unspecified atom stereocenters. The van der Waals surface area contributed by atoms with Gasteiger partial charge in [-0.05, 0) is 135 Å². The van der Waals surface area contributed by atoms with Gasteiger partial charge in [0.1, 0.15) is 13.2 Å². The molecule has 0 rings (SSSR count). The topological polar surface area (TPSA) is 78.9 Å². The number of hydrogen-bond donors (Lipinski definition) is 0. The van der Waals surface area contributed by atoms with Crippen LogP contribution in [-0.2, 0) is 28.6 Å². The van der Waals surface area contributed by atoms with Crippen LogP contribution >= 0.6 is 0 Å². The van der Waals surface area contributed by atoms with E-state index >= 15 is 0 Å². The molecule has 0 aliphatic carbocycles. The molecule has 0 radical (unpaired) electrons. The van der Waals surface area contributed by atoms with Crippen molar-refractivity contribution in [2.75, 3.05) is 13.2 Å². The lowest BCUT2D eigenvalue weighted by Crippen LogP contribution is -2.30. The zero-order chi connectivity index (χ0) is 58.5. The fourth-order valence-electron chi connectivity index (χ4n) is 9.33. The van der Waals surface area contributed by atoms with Gasteiger partial charge in [-0.3, -0.25) is 14.4 Å². The summed E-state index contributed by atoms with van der Waals surface area (Å²) >= 11 is 0. The first kappa shape index (κ1) is 76.8. The molecule has 0 aromatic carbocycles. The third kappa shape index (κ3) is 66.5. The van der Waals surface area contributed by atoms with E-state index in [4.69, 9.17) is 14.2 Å². The van der Waals surface area contributed by atoms with Crippen molar-refractivity contribution < 1.29 is 28.6 Å². The summed E-state index contributed by atoms with van der Waals surface area (Å²) in [6.07, 6.45) is 94.9. The highest BCUT2D eigenvalue weighted by Crippen LogP contribution is 2.16. The van der Waals surface area contributed by atoms with Gasteiger partial charge in [-0.1, -0.05) is 284 Å². The van der Waals surface area contributed by atoms with Gasteiger partial charge in [-0.2, -0.15) is 0 Å². The standard InChI is InChI=1S/C75H126O6/c1-4-7-10-13-16-19-22-25-28-31-34-36-37-39-41-44-47-50-53-56-59-62-65-68-74(77)80-71-72(70-79-73(76)67-64-61-58-55-52-49-46-43-40-33-30-27-24-21-18-15-12-9-6-3)81-75(78)69-66-63-60-57-54-51-48-45-42-38-35-32-29-26-23-20-17-14-11-8-5-2/h9,12,18,21-23,25-27,30-32,34-35,37,39-40,43,49,52,72H,4-8,10-11,13-17,19-20,24,28-29,33,36,38,41-42,44-48,50-51,53-71H2,1-3H3/b12-9-,21-18-,25-22-,26-23-,30-27-,34-31-,35-32-,39-37-,43-40-,52-49-. The summed E-state index contributed by atoms with van der Waals surface area (Å²) < 4.78 is 16.9. The highest BCUT2D eigenvalue weighted by Gasteiger charge is 2.19. The van der Waals surface area contributed by atoms with Crippen LogP contribution < -0.4 is 0 Å². The van der Waals surface area contributed by atoms with Crippen LogP contribution in [0, 0.1) is 0 Å². The molecular weight excluding hydrogens is 997 g/mol. The average Bonchev–Trinajstić information content (AvgIpc) is 3.47. The molecule has 462 valence electrons. The van der Waals surface area contributed by atoms with Crippen molar-refractivity contribution in [3.63, 3.8) is 0 Å². The van der Waals surface area contributed by atoms with Crippen LogP contribution in [0.3, 0.4) is 0 Å². The zero-order valence-electron chi connectivity index (χ0n) is 53.0. The van der Waals surface area contributed by atoms with E-state index in [1.54, 1.807) is 0 Å². The van der Waals surface area contributed by atoms with Gasteiger partial charge in [0.25, 0.3) is 0 Å². The molecule has 0 heterocycles. The quantitative estimate of drug-likeness (QED) is 0.0261. The van der Waals surface area contributed by atoms with E-state index in [1.807, 2.05) is 0 Å². The second-order valence-electron chi connectivity index (χ2n) is 22.3. The Balaban J connectivity index is 4.46. The molecule has 0 aliphatic heterocycles. The first-order chi connectivity index (χ1) is 40.0. The normalized spacial score (nSPS) is 12.9. The van der Waals surface area contributed by atoms with E-state index < -0.39 is 6.10 Å². The van der Waals surface area contributed by atoms with Gasteiger partial charge in [0.05, 0.1) is 0 Å². The van der Waals surface area contributed by atoms with Crippen LogP contribution in [0.4, 0.5) is 0 Å². The third-order valence-electron chi connectivity index (χ3n) is 14.4. The Hall–Kier alpha value is -4.19. The molecule has 0 N–H and O–H groups in total. The van der Waals surface area contributed by atoms with Gasteiger partial charge in [-0.25, -0.2) is 0 Å². The summed E-state index contributed by atoms with van der Waals surface area (Å²) in [5.41, 5.74) is 0. The summed E-state index contributed by atoms with van der Waals surface area (Å²) in [5, 5.41) is 0. The van der Waals surface area contributed by atoms with Crippen molar-refractivity contribution in [2.24, 2.45) is 0 Å². The minimum Gasteiger partial charge on any atom is -0.462 e. The van der Waals surface area contributed by atoms with Crippen LogP contribution in [0.1, 0.15) is 316 Å². The summed E-state index contributed by atoms with van der Waals surface area (Å²) in [6.45, 7) is 6.49.